The Hall–Kier alpha value is -1.46. The summed E-state index contributed by atoms with van der Waals surface area (Å²) in [5, 5.41) is 18.6. The molecule has 1 saturated heterocycles. The lowest BCUT2D eigenvalue weighted by Crippen LogP contribution is -2.44. The highest BCUT2D eigenvalue weighted by Gasteiger charge is 2.40. The maximum Gasteiger partial charge on any atom is 0.305 e. The van der Waals surface area contributed by atoms with Crippen molar-refractivity contribution in [2.45, 2.75) is 31.7 Å². The molecule has 2 N–H and O–H groups in total. The number of halogens is 1. The van der Waals surface area contributed by atoms with Gasteiger partial charge in [-0.1, -0.05) is 12.1 Å². The maximum absolute atomic E-state index is 13.4. The van der Waals surface area contributed by atoms with Crippen LogP contribution in [0.5, 0.6) is 0 Å². The molecule has 0 spiro atoms. The van der Waals surface area contributed by atoms with E-state index in [2.05, 4.69) is 4.90 Å². The van der Waals surface area contributed by atoms with E-state index in [1.165, 1.54) is 12.1 Å². The molecule has 0 bridgehead atoms. The number of hydrogen-bond donors (Lipinski definition) is 2. The first-order valence-corrected chi connectivity index (χ1v) is 7.16. The molecule has 1 fully saturated rings. The Labute approximate surface area is 124 Å². The van der Waals surface area contributed by atoms with Crippen LogP contribution in [-0.2, 0) is 4.79 Å². The molecule has 21 heavy (non-hydrogen) atoms. The van der Waals surface area contributed by atoms with Gasteiger partial charge >= 0.3 is 5.97 Å². The van der Waals surface area contributed by atoms with Gasteiger partial charge in [-0.15, -0.1) is 0 Å². The Morgan fingerprint density at radius 3 is 2.71 bits per heavy atom. The Morgan fingerprint density at radius 1 is 1.43 bits per heavy atom. The standard InChI is InChI=1S/C16H22FNO3/c1-16(2,7-15(20)21)18-8-12(10-19)14(9-18)11-4-3-5-13(17)6-11/h3-6,12,14,19H,7-10H2,1-2H3,(H,20,21). The molecule has 0 amide bonds. The van der Waals surface area contributed by atoms with Gasteiger partial charge in [0.05, 0.1) is 6.42 Å². The van der Waals surface area contributed by atoms with E-state index >= 15 is 0 Å². The number of nitrogens with zero attached hydrogens (tertiary/aromatic N) is 1. The first-order valence-electron chi connectivity index (χ1n) is 7.16. The summed E-state index contributed by atoms with van der Waals surface area (Å²) in [7, 11) is 0. The van der Waals surface area contributed by atoms with Gasteiger partial charge in [0.1, 0.15) is 5.82 Å². The second kappa shape index (κ2) is 6.12. The fourth-order valence-electron chi connectivity index (χ4n) is 3.15. The van der Waals surface area contributed by atoms with Crippen molar-refractivity contribution in [1.29, 1.82) is 0 Å². The third-order valence-electron chi connectivity index (χ3n) is 4.39. The Balaban J connectivity index is 2.19. The number of hydrogen-bond acceptors (Lipinski definition) is 3. The van der Waals surface area contributed by atoms with Crippen LogP contribution in [0.15, 0.2) is 24.3 Å². The minimum Gasteiger partial charge on any atom is -0.481 e. The molecule has 1 heterocycles. The molecule has 0 aliphatic carbocycles. The predicted molar refractivity (Wildman–Crippen MR) is 77.6 cm³/mol. The van der Waals surface area contributed by atoms with Gasteiger partial charge in [-0.25, -0.2) is 4.39 Å². The number of benzene rings is 1. The summed E-state index contributed by atoms with van der Waals surface area (Å²) in [4.78, 5) is 13.1. The smallest absolute Gasteiger partial charge is 0.305 e. The lowest BCUT2D eigenvalue weighted by molar-refractivity contribution is -0.139. The zero-order valence-electron chi connectivity index (χ0n) is 12.4. The molecule has 0 aromatic heterocycles. The largest absolute Gasteiger partial charge is 0.481 e. The minimum atomic E-state index is -0.838. The van der Waals surface area contributed by atoms with Crippen LogP contribution in [0.1, 0.15) is 31.7 Å². The normalized spacial score (nSPS) is 23.4. The fourth-order valence-corrected chi connectivity index (χ4v) is 3.15. The summed E-state index contributed by atoms with van der Waals surface area (Å²) in [6.07, 6.45) is 0.0427. The van der Waals surface area contributed by atoms with Crippen molar-refractivity contribution in [3.63, 3.8) is 0 Å². The number of aliphatic hydroxyl groups excluding tert-OH is 1. The lowest BCUT2D eigenvalue weighted by Gasteiger charge is -2.34. The lowest BCUT2D eigenvalue weighted by atomic mass is 9.89. The van der Waals surface area contributed by atoms with Gasteiger partial charge in [0, 0.05) is 37.1 Å². The molecule has 1 aliphatic heterocycles. The molecule has 1 aliphatic rings. The second-order valence-corrected chi connectivity index (χ2v) is 6.39. The molecular formula is C16H22FNO3. The third kappa shape index (κ3) is 3.60. The zero-order valence-corrected chi connectivity index (χ0v) is 12.4. The van der Waals surface area contributed by atoms with E-state index in [4.69, 9.17) is 5.11 Å². The summed E-state index contributed by atoms with van der Waals surface area (Å²) in [5.74, 6) is -1.10. The summed E-state index contributed by atoms with van der Waals surface area (Å²) in [6.45, 7) is 5.06. The SMILES string of the molecule is CC(C)(CC(=O)O)N1CC(CO)C(c2cccc(F)c2)C1. The van der Waals surface area contributed by atoms with Crippen molar-refractivity contribution in [1.82, 2.24) is 4.90 Å². The summed E-state index contributed by atoms with van der Waals surface area (Å²) >= 11 is 0. The maximum atomic E-state index is 13.4. The van der Waals surface area contributed by atoms with Crippen LogP contribution in [-0.4, -0.2) is 46.3 Å². The van der Waals surface area contributed by atoms with Gasteiger partial charge in [0.25, 0.3) is 0 Å². The predicted octanol–water partition coefficient (Wildman–Crippen LogP) is 2.09. The first kappa shape index (κ1) is 15.9. The number of carboxylic acids is 1. The van der Waals surface area contributed by atoms with Crippen LogP contribution >= 0.6 is 0 Å². The van der Waals surface area contributed by atoms with Crippen molar-refractivity contribution in [3.8, 4) is 0 Å². The molecule has 116 valence electrons. The van der Waals surface area contributed by atoms with Gasteiger partial charge in [-0.3, -0.25) is 9.69 Å². The Morgan fingerprint density at radius 2 is 2.14 bits per heavy atom. The van der Waals surface area contributed by atoms with E-state index in [1.807, 2.05) is 19.9 Å². The first-order chi connectivity index (χ1) is 9.83. The molecule has 0 radical (unpaired) electrons. The van der Waals surface area contributed by atoms with E-state index in [9.17, 15) is 14.3 Å². The summed E-state index contributed by atoms with van der Waals surface area (Å²) < 4.78 is 13.4. The van der Waals surface area contributed by atoms with E-state index in [0.717, 1.165) is 5.56 Å². The minimum absolute atomic E-state index is 0.000120. The zero-order chi connectivity index (χ0) is 15.6. The molecule has 4 nitrogen and oxygen atoms in total. The summed E-state index contributed by atoms with van der Waals surface area (Å²) in [6, 6.07) is 6.44. The van der Waals surface area contributed by atoms with Gasteiger partial charge in [-0.2, -0.15) is 0 Å². The van der Waals surface area contributed by atoms with E-state index in [1.54, 1.807) is 6.07 Å². The van der Waals surface area contributed by atoms with Crippen LogP contribution in [0.3, 0.4) is 0 Å². The number of carbonyl (C=O) groups is 1. The number of aliphatic carboxylic acids is 1. The highest BCUT2D eigenvalue weighted by molar-refractivity contribution is 5.68. The number of rotatable bonds is 5. The number of carboxylic acid groups (broad SMARTS) is 1. The van der Waals surface area contributed by atoms with Crippen molar-refractivity contribution in [2.24, 2.45) is 5.92 Å². The molecule has 1 aromatic carbocycles. The Kier molecular flexibility index (Phi) is 4.64. The van der Waals surface area contributed by atoms with Gasteiger partial charge in [0.2, 0.25) is 0 Å². The van der Waals surface area contributed by atoms with Gasteiger partial charge < -0.3 is 10.2 Å². The average Bonchev–Trinajstić information content (AvgIpc) is 2.82. The van der Waals surface area contributed by atoms with E-state index < -0.39 is 11.5 Å². The molecule has 5 heteroatoms. The van der Waals surface area contributed by atoms with Crippen molar-refractivity contribution in [2.75, 3.05) is 19.7 Å². The van der Waals surface area contributed by atoms with Crippen molar-refractivity contribution < 1.29 is 19.4 Å². The molecule has 2 atom stereocenters. The topological polar surface area (TPSA) is 60.8 Å². The van der Waals surface area contributed by atoms with Crippen LogP contribution < -0.4 is 0 Å². The second-order valence-electron chi connectivity index (χ2n) is 6.39. The number of likely N-dealkylation sites (tertiary alicyclic amines) is 1. The van der Waals surface area contributed by atoms with Crippen molar-refractivity contribution in [3.05, 3.63) is 35.6 Å². The molecule has 1 aromatic rings. The monoisotopic (exact) mass is 295 g/mol. The average molecular weight is 295 g/mol. The van der Waals surface area contributed by atoms with Crippen LogP contribution in [0.25, 0.3) is 0 Å². The molecule has 2 rings (SSSR count). The van der Waals surface area contributed by atoms with Gasteiger partial charge in [0.15, 0.2) is 0 Å². The highest BCUT2D eigenvalue weighted by atomic mass is 19.1. The van der Waals surface area contributed by atoms with Crippen LogP contribution in [0, 0.1) is 11.7 Å². The molecule has 0 saturated carbocycles. The highest BCUT2D eigenvalue weighted by Crippen LogP contribution is 2.37. The van der Waals surface area contributed by atoms with E-state index in [-0.39, 0.29) is 30.7 Å². The molecular weight excluding hydrogens is 273 g/mol. The molecule has 2 unspecified atom stereocenters. The number of aliphatic hydroxyl groups is 1. The Bertz CT molecular complexity index is 518. The van der Waals surface area contributed by atoms with Gasteiger partial charge in [-0.05, 0) is 31.5 Å². The van der Waals surface area contributed by atoms with E-state index in [0.29, 0.717) is 13.1 Å². The quantitative estimate of drug-likeness (QED) is 0.873. The third-order valence-corrected chi connectivity index (χ3v) is 4.39. The summed E-state index contributed by atoms with van der Waals surface area (Å²) in [5.41, 5.74) is 0.379. The fraction of sp³-hybridized carbons (Fsp3) is 0.562. The van der Waals surface area contributed by atoms with Crippen LogP contribution in [0.4, 0.5) is 4.39 Å². The van der Waals surface area contributed by atoms with Crippen molar-refractivity contribution >= 4 is 5.97 Å². The van der Waals surface area contributed by atoms with Crippen LogP contribution in [0.2, 0.25) is 0 Å².